The Morgan fingerprint density at radius 2 is 1.67 bits per heavy atom. The lowest BCUT2D eigenvalue weighted by atomic mass is 10.1. The molecule has 2 aromatic rings. The van der Waals surface area contributed by atoms with Crippen LogP contribution in [-0.2, 0) is 4.79 Å². The van der Waals surface area contributed by atoms with Crippen molar-refractivity contribution in [2.75, 3.05) is 7.11 Å². The predicted molar refractivity (Wildman–Crippen MR) is 94.6 cm³/mol. The summed E-state index contributed by atoms with van der Waals surface area (Å²) in [5, 5.41) is 3.48. The van der Waals surface area contributed by atoms with Crippen LogP contribution in [-0.4, -0.2) is 18.8 Å². The average molecular weight is 346 g/mol. The largest absolute Gasteiger partial charge is 0.497 e. The molecule has 0 saturated carbocycles. The minimum absolute atomic E-state index is 0.0704. The number of ether oxygens (including phenoxy) is 1. The lowest BCUT2D eigenvalue weighted by Gasteiger charge is -2.14. The number of methoxy groups -OCH3 is 1. The Morgan fingerprint density at radius 1 is 1.04 bits per heavy atom. The summed E-state index contributed by atoms with van der Waals surface area (Å²) in [6, 6.07) is 14.1. The molecule has 1 atom stereocenters. The van der Waals surface area contributed by atoms with Gasteiger partial charge in [0.2, 0.25) is 5.91 Å². The topological polar surface area (TPSA) is 55.4 Å². The molecule has 0 radical (unpaired) electrons. The maximum absolute atomic E-state index is 12.0. The molecule has 0 saturated heterocycles. The van der Waals surface area contributed by atoms with E-state index in [1.165, 1.54) is 0 Å². The van der Waals surface area contributed by atoms with Gasteiger partial charge in [-0.1, -0.05) is 23.7 Å². The van der Waals surface area contributed by atoms with Gasteiger partial charge in [0.15, 0.2) is 5.78 Å². The summed E-state index contributed by atoms with van der Waals surface area (Å²) < 4.78 is 5.11. The summed E-state index contributed by atoms with van der Waals surface area (Å²) in [7, 11) is 1.61. The smallest absolute Gasteiger partial charge is 0.220 e. The van der Waals surface area contributed by atoms with Gasteiger partial charge in [0.25, 0.3) is 0 Å². The van der Waals surface area contributed by atoms with E-state index in [4.69, 9.17) is 16.3 Å². The van der Waals surface area contributed by atoms with Gasteiger partial charge in [-0.15, -0.1) is 0 Å². The van der Waals surface area contributed by atoms with E-state index < -0.39 is 0 Å². The number of hydrogen-bond acceptors (Lipinski definition) is 3. The molecule has 1 amide bonds. The summed E-state index contributed by atoms with van der Waals surface area (Å²) in [5.41, 5.74) is 1.54. The van der Waals surface area contributed by atoms with Crippen molar-refractivity contribution in [1.29, 1.82) is 0 Å². The van der Waals surface area contributed by atoms with Crippen LogP contribution in [0.1, 0.15) is 41.7 Å². The molecule has 0 aliphatic heterocycles. The zero-order valence-corrected chi connectivity index (χ0v) is 14.5. The van der Waals surface area contributed by atoms with E-state index in [0.29, 0.717) is 10.6 Å². The lowest BCUT2D eigenvalue weighted by Crippen LogP contribution is -2.26. The fourth-order valence-electron chi connectivity index (χ4n) is 2.30. The Bertz CT molecular complexity index is 696. The molecule has 5 heteroatoms. The highest BCUT2D eigenvalue weighted by Gasteiger charge is 2.12. The van der Waals surface area contributed by atoms with Crippen molar-refractivity contribution < 1.29 is 14.3 Å². The number of rotatable bonds is 7. The van der Waals surface area contributed by atoms with Crippen LogP contribution in [0.25, 0.3) is 0 Å². The normalized spacial score (nSPS) is 11.6. The zero-order chi connectivity index (χ0) is 17.5. The Balaban J connectivity index is 1.83. The highest BCUT2D eigenvalue weighted by Crippen LogP contribution is 2.17. The number of benzene rings is 2. The van der Waals surface area contributed by atoms with Crippen molar-refractivity contribution >= 4 is 23.3 Å². The van der Waals surface area contributed by atoms with Gasteiger partial charge in [0, 0.05) is 23.4 Å². The molecule has 1 N–H and O–H groups in total. The van der Waals surface area contributed by atoms with Crippen LogP contribution < -0.4 is 10.1 Å². The quantitative estimate of drug-likeness (QED) is 0.765. The van der Waals surface area contributed by atoms with Crippen LogP contribution in [0.3, 0.4) is 0 Å². The Morgan fingerprint density at radius 3 is 2.25 bits per heavy atom. The van der Waals surface area contributed by atoms with Crippen LogP contribution in [0.15, 0.2) is 48.5 Å². The minimum Gasteiger partial charge on any atom is -0.497 e. The van der Waals surface area contributed by atoms with Gasteiger partial charge in [-0.3, -0.25) is 9.59 Å². The first-order valence-corrected chi connectivity index (χ1v) is 8.09. The first kappa shape index (κ1) is 18.0. The molecule has 4 nitrogen and oxygen atoms in total. The van der Waals surface area contributed by atoms with Crippen LogP contribution >= 0.6 is 11.6 Å². The lowest BCUT2D eigenvalue weighted by molar-refractivity contribution is -0.121. The van der Waals surface area contributed by atoms with E-state index in [9.17, 15) is 9.59 Å². The number of amides is 1. The Kier molecular flexibility index (Phi) is 6.38. The van der Waals surface area contributed by atoms with Gasteiger partial charge in [0.1, 0.15) is 5.75 Å². The molecular formula is C19H20ClNO3. The zero-order valence-electron chi connectivity index (χ0n) is 13.7. The summed E-state index contributed by atoms with van der Waals surface area (Å²) in [6.07, 6.45) is 0.324. The molecule has 0 bridgehead atoms. The van der Waals surface area contributed by atoms with E-state index in [-0.39, 0.29) is 30.6 Å². The maximum atomic E-state index is 12.0. The van der Waals surface area contributed by atoms with Gasteiger partial charge < -0.3 is 10.1 Å². The standard InChI is InChI=1S/C19H20ClNO3/c1-13(14-5-9-17(24-2)10-6-14)21-19(23)12-11-18(22)15-3-7-16(20)8-4-15/h3-10,13H,11-12H2,1-2H3,(H,21,23). The molecule has 0 aliphatic carbocycles. The second kappa shape index (κ2) is 8.50. The number of Topliss-reactive ketones (excluding diaryl/α,β-unsaturated/α-hetero) is 1. The summed E-state index contributed by atoms with van der Waals surface area (Å²) in [5.74, 6) is 0.547. The van der Waals surface area contributed by atoms with Crippen LogP contribution in [0.4, 0.5) is 0 Å². The number of carbonyl (C=O) groups is 2. The Labute approximate surface area is 146 Å². The third kappa shape index (κ3) is 5.10. The third-order valence-electron chi connectivity index (χ3n) is 3.74. The number of nitrogens with one attached hydrogen (secondary N) is 1. The van der Waals surface area contributed by atoms with Crippen molar-refractivity contribution in [3.63, 3.8) is 0 Å². The summed E-state index contributed by atoms with van der Waals surface area (Å²) in [6.45, 7) is 1.90. The average Bonchev–Trinajstić information content (AvgIpc) is 2.60. The summed E-state index contributed by atoms with van der Waals surface area (Å²) >= 11 is 5.80. The van der Waals surface area contributed by atoms with E-state index in [0.717, 1.165) is 11.3 Å². The van der Waals surface area contributed by atoms with Crippen molar-refractivity contribution in [3.05, 3.63) is 64.7 Å². The third-order valence-corrected chi connectivity index (χ3v) is 3.99. The first-order chi connectivity index (χ1) is 11.5. The fraction of sp³-hybridized carbons (Fsp3) is 0.263. The molecule has 1 unspecified atom stereocenters. The summed E-state index contributed by atoms with van der Waals surface area (Å²) in [4.78, 5) is 24.1. The van der Waals surface area contributed by atoms with Crippen LogP contribution in [0.5, 0.6) is 5.75 Å². The first-order valence-electron chi connectivity index (χ1n) is 7.71. The second-order valence-electron chi connectivity index (χ2n) is 5.49. The van der Waals surface area contributed by atoms with Crippen LogP contribution in [0.2, 0.25) is 5.02 Å². The predicted octanol–water partition coefficient (Wildman–Crippen LogP) is 4.19. The minimum atomic E-state index is -0.152. The number of ketones is 1. The van der Waals surface area contributed by atoms with Crippen molar-refractivity contribution in [1.82, 2.24) is 5.32 Å². The molecule has 0 spiro atoms. The number of halogens is 1. The maximum Gasteiger partial charge on any atom is 0.220 e. The Hall–Kier alpha value is -2.33. The molecule has 0 aromatic heterocycles. The van der Waals surface area contributed by atoms with E-state index >= 15 is 0 Å². The fourth-order valence-corrected chi connectivity index (χ4v) is 2.42. The molecule has 126 valence electrons. The molecule has 0 fully saturated rings. The van der Waals surface area contributed by atoms with Crippen molar-refractivity contribution in [2.24, 2.45) is 0 Å². The van der Waals surface area contributed by atoms with Gasteiger partial charge in [-0.05, 0) is 48.9 Å². The second-order valence-corrected chi connectivity index (χ2v) is 5.93. The number of hydrogen-bond donors (Lipinski definition) is 1. The van der Waals surface area contributed by atoms with E-state index in [2.05, 4.69) is 5.32 Å². The highest BCUT2D eigenvalue weighted by atomic mass is 35.5. The van der Waals surface area contributed by atoms with Gasteiger partial charge in [-0.2, -0.15) is 0 Å². The van der Waals surface area contributed by atoms with Crippen molar-refractivity contribution in [3.8, 4) is 5.75 Å². The van der Waals surface area contributed by atoms with Crippen LogP contribution in [0, 0.1) is 0 Å². The van der Waals surface area contributed by atoms with E-state index in [1.807, 2.05) is 31.2 Å². The molecule has 24 heavy (non-hydrogen) atoms. The van der Waals surface area contributed by atoms with E-state index in [1.54, 1.807) is 31.4 Å². The molecule has 0 heterocycles. The highest BCUT2D eigenvalue weighted by molar-refractivity contribution is 6.30. The molecular weight excluding hydrogens is 326 g/mol. The van der Waals surface area contributed by atoms with Gasteiger partial charge in [0.05, 0.1) is 13.2 Å². The monoisotopic (exact) mass is 345 g/mol. The molecule has 2 aromatic carbocycles. The SMILES string of the molecule is COc1ccc(C(C)NC(=O)CCC(=O)c2ccc(Cl)cc2)cc1. The molecule has 0 aliphatic rings. The molecule has 2 rings (SSSR count). The van der Waals surface area contributed by atoms with Gasteiger partial charge in [-0.25, -0.2) is 0 Å². The number of carbonyl (C=O) groups excluding carboxylic acids is 2. The van der Waals surface area contributed by atoms with Crippen molar-refractivity contribution in [2.45, 2.75) is 25.8 Å². The van der Waals surface area contributed by atoms with Gasteiger partial charge >= 0.3 is 0 Å².